The predicted molar refractivity (Wildman–Crippen MR) is 145 cm³/mol. The van der Waals surface area contributed by atoms with Crippen molar-refractivity contribution in [2.75, 3.05) is 30.6 Å². The number of rotatable bonds is 9. The van der Waals surface area contributed by atoms with E-state index < -0.39 is 0 Å². The molecule has 3 aromatic rings. The van der Waals surface area contributed by atoms with E-state index in [1.807, 2.05) is 13.0 Å². The molecule has 9 heteroatoms. The summed E-state index contributed by atoms with van der Waals surface area (Å²) in [6.07, 6.45) is 1.73. The fourth-order valence-electron chi connectivity index (χ4n) is 3.72. The summed E-state index contributed by atoms with van der Waals surface area (Å²) in [4.78, 5) is 25.6. The maximum atomic E-state index is 13.1. The van der Waals surface area contributed by atoms with Gasteiger partial charge in [-0.05, 0) is 61.9 Å². The number of nitrogens with zero attached hydrogens (tertiary/aromatic N) is 2. The zero-order valence-electron chi connectivity index (χ0n) is 20.7. The van der Waals surface area contributed by atoms with Gasteiger partial charge in [-0.15, -0.1) is 0 Å². The highest BCUT2D eigenvalue weighted by molar-refractivity contribution is 6.37. The second kappa shape index (κ2) is 11.6. The van der Waals surface area contributed by atoms with Crippen LogP contribution >= 0.6 is 11.6 Å². The molecule has 0 aliphatic carbocycles. The van der Waals surface area contributed by atoms with Gasteiger partial charge in [0.2, 0.25) is 0 Å². The number of carbonyl (C=O) groups is 2. The van der Waals surface area contributed by atoms with E-state index in [1.165, 1.54) is 12.1 Å². The third kappa shape index (κ3) is 5.92. The Labute approximate surface area is 220 Å². The van der Waals surface area contributed by atoms with Crippen molar-refractivity contribution in [2.45, 2.75) is 13.8 Å². The second-order valence-electron chi connectivity index (χ2n) is 7.99. The highest BCUT2D eigenvalue weighted by atomic mass is 35.5. The Morgan fingerprint density at radius 2 is 1.78 bits per heavy atom. The number of amides is 2. The number of benzene rings is 3. The van der Waals surface area contributed by atoms with Crippen LogP contribution in [0.1, 0.15) is 19.4 Å². The number of carbonyl (C=O) groups excluding carboxylic acids is 2. The summed E-state index contributed by atoms with van der Waals surface area (Å²) in [5.41, 5.74) is 2.79. The third-order valence-corrected chi connectivity index (χ3v) is 5.78. The van der Waals surface area contributed by atoms with Crippen molar-refractivity contribution in [1.82, 2.24) is 0 Å². The average Bonchev–Trinajstić information content (AvgIpc) is 3.17. The Balaban J connectivity index is 1.49. The molecule has 0 bridgehead atoms. The van der Waals surface area contributed by atoms with Gasteiger partial charge in [-0.25, -0.2) is 0 Å². The molecule has 0 radical (unpaired) electrons. The number of hydrogen-bond acceptors (Lipinski definition) is 6. The quantitative estimate of drug-likeness (QED) is 0.373. The van der Waals surface area contributed by atoms with E-state index in [-0.39, 0.29) is 18.4 Å². The fraction of sp³-hybridized carbons (Fsp3) is 0.179. The van der Waals surface area contributed by atoms with Crippen LogP contribution in [0.15, 0.2) is 77.4 Å². The number of hydrazone groups is 1. The highest BCUT2D eigenvalue weighted by Crippen LogP contribution is 2.33. The largest absolute Gasteiger partial charge is 0.495 e. The van der Waals surface area contributed by atoms with Crippen molar-refractivity contribution in [2.24, 2.45) is 5.10 Å². The molecule has 1 N–H and O–H groups in total. The van der Waals surface area contributed by atoms with Crippen molar-refractivity contribution < 1.29 is 23.8 Å². The summed E-state index contributed by atoms with van der Waals surface area (Å²) >= 11 is 6.26. The van der Waals surface area contributed by atoms with Gasteiger partial charge in [-0.3, -0.25) is 9.59 Å². The first-order valence-electron chi connectivity index (χ1n) is 11.6. The van der Waals surface area contributed by atoms with Crippen LogP contribution in [-0.4, -0.2) is 37.8 Å². The lowest BCUT2D eigenvalue weighted by atomic mass is 10.1. The Kier molecular flexibility index (Phi) is 8.10. The van der Waals surface area contributed by atoms with E-state index in [2.05, 4.69) is 10.4 Å². The Morgan fingerprint density at radius 3 is 2.54 bits per heavy atom. The number of anilines is 2. The zero-order valence-corrected chi connectivity index (χ0v) is 21.4. The molecule has 8 nitrogen and oxygen atoms in total. The Hall–Kier alpha value is -4.30. The monoisotopic (exact) mass is 519 g/mol. The Morgan fingerprint density at radius 1 is 1.03 bits per heavy atom. The van der Waals surface area contributed by atoms with Gasteiger partial charge in [0.15, 0.2) is 18.1 Å². The van der Waals surface area contributed by atoms with E-state index >= 15 is 0 Å². The number of methoxy groups -OCH3 is 1. The molecule has 37 heavy (non-hydrogen) atoms. The van der Waals surface area contributed by atoms with E-state index in [9.17, 15) is 9.59 Å². The summed E-state index contributed by atoms with van der Waals surface area (Å²) in [6, 6.07) is 19.4. The molecule has 1 heterocycles. The maximum Gasteiger partial charge on any atom is 0.280 e. The minimum absolute atomic E-state index is 0.227. The van der Waals surface area contributed by atoms with E-state index in [0.717, 1.165) is 0 Å². The van der Waals surface area contributed by atoms with Gasteiger partial charge in [0, 0.05) is 0 Å². The van der Waals surface area contributed by atoms with Crippen LogP contribution in [0, 0.1) is 0 Å². The van der Waals surface area contributed by atoms with Gasteiger partial charge in [-0.1, -0.05) is 41.9 Å². The van der Waals surface area contributed by atoms with Crippen molar-refractivity contribution in [3.8, 4) is 17.2 Å². The van der Waals surface area contributed by atoms with Crippen LogP contribution < -0.4 is 24.5 Å². The van der Waals surface area contributed by atoms with E-state index in [4.69, 9.17) is 25.8 Å². The minimum Gasteiger partial charge on any atom is -0.495 e. The summed E-state index contributed by atoms with van der Waals surface area (Å²) in [7, 11) is 1.54. The zero-order chi connectivity index (χ0) is 26.4. The first-order chi connectivity index (χ1) is 17.9. The lowest BCUT2D eigenvalue weighted by Crippen LogP contribution is -2.21. The fourth-order valence-corrected chi connectivity index (χ4v) is 3.93. The molecular weight excluding hydrogens is 494 g/mol. The molecule has 0 saturated carbocycles. The number of hydrogen-bond donors (Lipinski definition) is 1. The molecule has 4 rings (SSSR count). The standard InChI is InChI=1S/C28H26ClN3O5/c1-4-36-26-16-19(15-20-18(2)31-32(28(20)34)23-11-7-5-9-21(23)29)13-14-25(26)37-17-27(33)30-22-10-6-8-12-24(22)35-3/h5-16H,4,17H2,1-3H3,(H,30,33)/b20-15-. The van der Waals surface area contributed by atoms with Gasteiger partial charge >= 0.3 is 0 Å². The van der Waals surface area contributed by atoms with Gasteiger partial charge in [-0.2, -0.15) is 10.1 Å². The van der Waals surface area contributed by atoms with Crippen molar-refractivity contribution in [3.63, 3.8) is 0 Å². The van der Waals surface area contributed by atoms with Gasteiger partial charge in [0.25, 0.3) is 11.8 Å². The lowest BCUT2D eigenvalue weighted by Gasteiger charge is -2.14. The maximum absolute atomic E-state index is 13.1. The predicted octanol–water partition coefficient (Wildman–Crippen LogP) is 5.57. The van der Waals surface area contributed by atoms with Crippen LogP contribution in [0.5, 0.6) is 17.2 Å². The topological polar surface area (TPSA) is 89.5 Å². The summed E-state index contributed by atoms with van der Waals surface area (Å²) in [5.74, 6) is 0.777. The van der Waals surface area contributed by atoms with Gasteiger partial charge < -0.3 is 19.5 Å². The second-order valence-corrected chi connectivity index (χ2v) is 8.40. The number of para-hydroxylation sites is 3. The summed E-state index contributed by atoms with van der Waals surface area (Å²) in [5, 5.41) is 8.89. The molecule has 1 aliphatic heterocycles. The molecule has 0 unspecified atom stereocenters. The molecule has 0 spiro atoms. The van der Waals surface area contributed by atoms with E-state index in [1.54, 1.807) is 73.7 Å². The molecule has 1 aliphatic rings. The number of ether oxygens (including phenoxy) is 3. The molecule has 3 aromatic carbocycles. The van der Waals surface area contributed by atoms with Crippen LogP contribution in [0.4, 0.5) is 11.4 Å². The molecule has 0 saturated heterocycles. The normalized spacial score (nSPS) is 13.9. The van der Waals surface area contributed by atoms with Gasteiger partial charge in [0.1, 0.15) is 5.75 Å². The molecule has 0 fully saturated rings. The van der Waals surface area contributed by atoms with Crippen LogP contribution in [0.25, 0.3) is 6.08 Å². The van der Waals surface area contributed by atoms with Crippen LogP contribution in [0.3, 0.4) is 0 Å². The molecule has 0 atom stereocenters. The van der Waals surface area contributed by atoms with Gasteiger partial charge in [0.05, 0.1) is 41.4 Å². The minimum atomic E-state index is -0.346. The number of halogens is 1. The van der Waals surface area contributed by atoms with Crippen molar-refractivity contribution in [1.29, 1.82) is 0 Å². The van der Waals surface area contributed by atoms with E-state index in [0.29, 0.717) is 57.1 Å². The summed E-state index contributed by atoms with van der Waals surface area (Å²) in [6.45, 7) is 3.78. The summed E-state index contributed by atoms with van der Waals surface area (Å²) < 4.78 is 16.7. The van der Waals surface area contributed by atoms with Crippen LogP contribution in [-0.2, 0) is 9.59 Å². The van der Waals surface area contributed by atoms with Crippen molar-refractivity contribution in [3.05, 3.63) is 82.9 Å². The molecule has 190 valence electrons. The highest BCUT2D eigenvalue weighted by Gasteiger charge is 2.30. The molecular formula is C28H26ClN3O5. The smallest absolute Gasteiger partial charge is 0.280 e. The Bertz CT molecular complexity index is 1390. The van der Waals surface area contributed by atoms with Crippen LogP contribution in [0.2, 0.25) is 5.02 Å². The molecule has 0 aromatic heterocycles. The lowest BCUT2D eigenvalue weighted by molar-refractivity contribution is -0.118. The third-order valence-electron chi connectivity index (χ3n) is 5.46. The van der Waals surface area contributed by atoms with Crippen molar-refractivity contribution >= 4 is 46.6 Å². The SMILES string of the molecule is CCOc1cc(/C=C2\C(=O)N(c3ccccc3Cl)N=C2C)ccc1OCC(=O)Nc1ccccc1OC. The first-order valence-corrected chi connectivity index (χ1v) is 12.0. The average molecular weight is 520 g/mol. The first kappa shape index (κ1) is 25.8. The molecule has 2 amide bonds. The number of nitrogens with one attached hydrogen (secondary N) is 1.